The van der Waals surface area contributed by atoms with Gasteiger partial charge in [0.2, 0.25) is 11.8 Å². The Hall–Kier alpha value is -3.78. The first-order valence-corrected chi connectivity index (χ1v) is 12.9. The Kier molecular flexibility index (Phi) is 5.91. The fourth-order valence-electron chi connectivity index (χ4n) is 6.55. The molecule has 0 spiro atoms. The topological polar surface area (TPSA) is 95.7 Å². The minimum atomic E-state index is -0.617. The largest absolute Gasteiger partial charge is 0.396 e. The number of aliphatic hydroxyl groups excluding tert-OH is 1. The molecule has 0 saturated carbocycles. The Labute approximate surface area is 215 Å². The van der Waals surface area contributed by atoms with Gasteiger partial charge in [-0.1, -0.05) is 37.3 Å². The van der Waals surface area contributed by atoms with E-state index in [-0.39, 0.29) is 30.5 Å². The van der Waals surface area contributed by atoms with Gasteiger partial charge >= 0.3 is 0 Å². The number of nitrogens with zero attached hydrogens (tertiary/aromatic N) is 4. The third-order valence-electron chi connectivity index (χ3n) is 8.33. The number of pyridine rings is 2. The van der Waals surface area contributed by atoms with E-state index in [4.69, 9.17) is 0 Å². The number of aliphatic hydroxyl groups is 1. The van der Waals surface area contributed by atoms with Gasteiger partial charge in [-0.25, -0.2) is 0 Å². The van der Waals surface area contributed by atoms with Gasteiger partial charge < -0.3 is 19.5 Å². The van der Waals surface area contributed by atoms with E-state index in [1.807, 2.05) is 35.2 Å². The first kappa shape index (κ1) is 23.6. The summed E-state index contributed by atoms with van der Waals surface area (Å²) in [7, 11) is 0. The third kappa shape index (κ3) is 3.70. The van der Waals surface area contributed by atoms with Gasteiger partial charge in [0.15, 0.2) is 0 Å². The summed E-state index contributed by atoms with van der Waals surface area (Å²) in [6, 6.07) is 14.4. The van der Waals surface area contributed by atoms with Crippen molar-refractivity contribution in [3.8, 4) is 11.1 Å². The van der Waals surface area contributed by atoms with Crippen molar-refractivity contribution in [3.05, 3.63) is 88.1 Å². The molecule has 1 aromatic carbocycles. The molecule has 3 aromatic rings. The average molecular weight is 499 g/mol. The summed E-state index contributed by atoms with van der Waals surface area (Å²) >= 11 is 0. The Balaban J connectivity index is 1.43. The lowest BCUT2D eigenvalue weighted by molar-refractivity contribution is -0.140. The van der Waals surface area contributed by atoms with Gasteiger partial charge in [-0.15, -0.1) is 0 Å². The molecule has 0 aliphatic carbocycles. The third-order valence-corrected chi connectivity index (χ3v) is 8.33. The van der Waals surface area contributed by atoms with Gasteiger partial charge in [-0.2, -0.15) is 0 Å². The summed E-state index contributed by atoms with van der Waals surface area (Å²) in [4.78, 5) is 48.8. The van der Waals surface area contributed by atoms with E-state index in [9.17, 15) is 19.5 Å². The van der Waals surface area contributed by atoms with Crippen LogP contribution in [0.1, 0.15) is 36.2 Å². The highest BCUT2D eigenvalue weighted by atomic mass is 16.3. The monoisotopic (exact) mass is 498 g/mol. The Bertz CT molecular complexity index is 1420. The van der Waals surface area contributed by atoms with Crippen molar-refractivity contribution in [2.45, 2.75) is 44.9 Å². The van der Waals surface area contributed by atoms with Crippen LogP contribution >= 0.6 is 0 Å². The summed E-state index contributed by atoms with van der Waals surface area (Å²) < 4.78 is 1.71. The SMILES string of the molecule is CCC(=O)N1[C@@H]2c3ccc(-c4cccnc4)c(=O)n3C[C@H]1[C@H](CO)[C@H]2C(=O)N1CCc2ccccc2C1. The predicted molar refractivity (Wildman–Crippen MR) is 137 cm³/mol. The average Bonchev–Trinajstić information content (AvgIpc) is 3.19. The Morgan fingerprint density at radius 1 is 1.08 bits per heavy atom. The van der Waals surface area contributed by atoms with E-state index in [2.05, 4.69) is 11.1 Å². The number of amides is 2. The number of hydrogen-bond donors (Lipinski definition) is 1. The lowest BCUT2D eigenvalue weighted by Gasteiger charge is -2.39. The summed E-state index contributed by atoms with van der Waals surface area (Å²) in [5.41, 5.74) is 4.12. The van der Waals surface area contributed by atoms with E-state index >= 15 is 0 Å². The first-order chi connectivity index (χ1) is 18.0. The molecule has 6 rings (SSSR count). The maximum absolute atomic E-state index is 14.1. The number of hydrogen-bond acceptors (Lipinski definition) is 5. The molecule has 3 aliphatic heterocycles. The van der Waals surface area contributed by atoms with Crippen molar-refractivity contribution >= 4 is 11.8 Å². The van der Waals surface area contributed by atoms with Crippen LogP contribution in [0, 0.1) is 11.8 Å². The van der Waals surface area contributed by atoms with E-state index in [1.54, 1.807) is 40.9 Å². The van der Waals surface area contributed by atoms with Crippen molar-refractivity contribution in [2.24, 2.45) is 11.8 Å². The molecule has 1 N–H and O–H groups in total. The van der Waals surface area contributed by atoms with Crippen LogP contribution in [-0.4, -0.2) is 55.5 Å². The van der Waals surface area contributed by atoms with E-state index in [1.165, 1.54) is 5.56 Å². The molecule has 1 saturated heterocycles. The molecule has 5 heterocycles. The number of aromatic nitrogens is 2. The second-order valence-electron chi connectivity index (χ2n) is 10.1. The second-order valence-corrected chi connectivity index (χ2v) is 10.1. The van der Waals surface area contributed by atoms with Crippen molar-refractivity contribution in [3.63, 3.8) is 0 Å². The molecular formula is C29H30N4O4. The Morgan fingerprint density at radius 3 is 2.62 bits per heavy atom. The molecule has 1 fully saturated rings. The number of carbonyl (C=O) groups is 2. The summed E-state index contributed by atoms with van der Waals surface area (Å²) in [5, 5.41) is 10.5. The van der Waals surface area contributed by atoms with Crippen LogP contribution in [0.25, 0.3) is 11.1 Å². The van der Waals surface area contributed by atoms with Crippen molar-refractivity contribution in [1.82, 2.24) is 19.4 Å². The van der Waals surface area contributed by atoms with Gasteiger partial charge in [0.25, 0.3) is 5.56 Å². The number of rotatable bonds is 4. The van der Waals surface area contributed by atoms with Crippen LogP contribution in [0.3, 0.4) is 0 Å². The van der Waals surface area contributed by atoms with Crippen molar-refractivity contribution < 1.29 is 14.7 Å². The molecule has 0 unspecified atom stereocenters. The van der Waals surface area contributed by atoms with Crippen LogP contribution in [0.5, 0.6) is 0 Å². The molecular weight excluding hydrogens is 468 g/mol. The Morgan fingerprint density at radius 2 is 1.89 bits per heavy atom. The zero-order valence-corrected chi connectivity index (χ0v) is 20.8. The van der Waals surface area contributed by atoms with E-state index in [0.29, 0.717) is 30.8 Å². The summed E-state index contributed by atoms with van der Waals surface area (Å²) in [5.74, 6) is -1.20. The standard InChI is InChI=1S/C29H30N4O4/c1-2-25(35)33-24-16-32-23(10-9-21(28(32)36)19-8-5-12-30-14-19)27(33)26(22(24)17-34)29(37)31-13-11-18-6-3-4-7-20(18)15-31/h3-10,12,14,22,24,26-27,34H,2,11,13,15-17H2,1H3/t22-,24-,26+,27+/m0/s1. The van der Waals surface area contributed by atoms with Crippen LogP contribution in [0.15, 0.2) is 65.7 Å². The molecule has 2 amide bonds. The molecule has 2 bridgehead atoms. The van der Waals surface area contributed by atoms with Crippen LogP contribution in [0.2, 0.25) is 0 Å². The quantitative estimate of drug-likeness (QED) is 0.596. The zero-order chi connectivity index (χ0) is 25.7. The molecule has 0 radical (unpaired) electrons. The summed E-state index contributed by atoms with van der Waals surface area (Å²) in [6.45, 7) is 2.93. The second kappa shape index (κ2) is 9.27. The highest BCUT2D eigenvalue weighted by Crippen LogP contribution is 2.49. The molecule has 8 heteroatoms. The molecule has 2 aromatic heterocycles. The zero-order valence-electron chi connectivity index (χ0n) is 20.8. The van der Waals surface area contributed by atoms with Gasteiger partial charge in [-0.05, 0) is 35.7 Å². The number of carbonyl (C=O) groups excluding carboxylic acids is 2. The van der Waals surface area contributed by atoms with Crippen LogP contribution in [-0.2, 0) is 29.1 Å². The normalized spacial score (nSPS) is 23.9. The maximum Gasteiger partial charge on any atom is 0.258 e. The van der Waals surface area contributed by atoms with Gasteiger partial charge in [0.05, 0.1) is 18.0 Å². The number of fused-ring (bicyclic) bond motifs is 5. The predicted octanol–water partition coefficient (Wildman–Crippen LogP) is 2.40. The van der Waals surface area contributed by atoms with Gasteiger partial charge in [0, 0.05) is 67.8 Å². The maximum atomic E-state index is 14.1. The van der Waals surface area contributed by atoms with Gasteiger partial charge in [-0.3, -0.25) is 19.4 Å². The first-order valence-electron chi connectivity index (χ1n) is 12.9. The summed E-state index contributed by atoms with van der Waals surface area (Å²) in [6.07, 6.45) is 4.38. The smallest absolute Gasteiger partial charge is 0.258 e. The molecule has 8 nitrogen and oxygen atoms in total. The molecule has 4 atom stereocenters. The fourth-order valence-corrected chi connectivity index (χ4v) is 6.55. The minimum absolute atomic E-state index is 0.0628. The van der Waals surface area contributed by atoms with E-state index < -0.39 is 23.9 Å². The van der Waals surface area contributed by atoms with Crippen LogP contribution < -0.4 is 5.56 Å². The lowest BCUT2D eigenvalue weighted by atomic mass is 9.85. The minimum Gasteiger partial charge on any atom is -0.396 e. The van der Waals surface area contributed by atoms with Crippen molar-refractivity contribution in [1.29, 1.82) is 0 Å². The fraction of sp³-hybridized carbons (Fsp3) is 0.379. The molecule has 3 aliphatic rings. The highest BCUT2D eigenvalue weighted by molar-refractivity contribution is 5.84. The van der Waals surface area contributed by atoms with Crippen molar-refractivity contribution in [2.75, 3.05) is 13.2 Å². The highest BCUT2D eigenvalue weighted by Gasteiger charge is 2.57. The van der Waals surface area contributed by atoms with E-state index in [0.717, 1.165) is 17.5 Å². The lowest BCUT2D eigenvalue weighted by Crippen LogP contribution is -2.49. The number of benzene rings is 1. The molecule has 37 heavy (non-hydrogen) atoms. The van der Waals surface area contributed by atoms with Crippen LogP contribution in [0.4, 0.5) is 0 Å². The van der Waals surface area contributed by atoms with Gasteiger partial charge in [0.1, 0.15) is 0 Å². The molecule has 190 valence electrons.